The average Bonchev–Trinajstić information content (AvgIpc) is 3.35. The number of hydrogen-bond donors (Lipinski definition) is 0. The lowest BCUT2D eigenvalue weighted by Gasteiger charge is -2.07. The number of aromatic nitrogens is 4. The van der Waals surface area contributed by atoms with Crippen LogP contribution >= 0.6 is 11.8 Å². The maximum Gasteiger partial charge on any atom is 0.257 e. The Labute approximate surface area is 166 Å². The normalized spacial score (nSPS) is 11.2. The van der Waals surface area contributed by atoms with Crippen molar-refractivity contribution in [3.63, 3.8) is 0 Å². The second-order valence-electron chi connectivity index (χ2n) is 6.06. The number of imidazole rings is 1. The van der Waals surface area contributed by atoms with Crippen molar-refractivity contribution < 1.29 is 14.0 Å². The summed E-state index contributed by atoms with van der Waals surface area (Å²) in [7, 11) is 3.34. The van der Waals surface area contributed by atoms with Crippen LogP contribution in [0.5, 0.6) is 5.75 Å². The third kappa shape index (κ3) is 3.88. The van der Waals surface area contributed by atoms with Gasteiger partial charge in [-0.05, 0) is 36.4 Å². The molecule has 0 aliphatic rings. The zero-order valence-electron chi connectivity index (χ0n) is 15.7. The number of benzene rings is 2. The van der Waals surface area contributed by atoms with Crippen molar-refractivity contribution in [2.24, 2.45) is 0 Å². The molecule has 28 heavy (non-hydrogen) atoms. The van der Waals surface area contributed by atoms with Crippen LogP contribution in [0.4, 0.5) is 0 Å². The Hall–Kier alpha value is -2.84. The topological polar surface area (TPSA) is 75.2 Å². The first-order chi connectivity index (χ1) is 13.8. The van der Waals surface area contributed by atoms with Gasteiger partial charge in [-0.2, -0.15) is 4.98 Å². The minimum absolute atomic E-state index is 0.492. The molecule has 0 amide bonds. The molecule has 0 fully saturated rings. The number of para-hydroxylation sites is 2. The van der Waals surface area contributed by atoms with Crippen molar-refractivity contribution in [2.75, 3.05) is 20.8 Å². The predicted octanol–water partition coefficient (Wildman–Crippen LogP) is 4.03. The van der Waals surface area contributed by atoms with E-state index in [0.29, 0.717) is 24.1 Å². The van der Waals surface area contributed by atoms with Crippen molar-refractivity contribution in [3.8, 4) is 17.2 Å². The Morgan fingerprint density at radius 1 is 1.04 bits per heavy atom. The van der Waals surface area contributed by atoms with Crippen LogP contribution < -0.4 is 4.74 Å². The fraction of sp³-hybridized carbons (Fsp3) is 0.250. The number of hydrogen-bond acceptors (Lipinski definition) is 7. The van der Waals surface area contributed by atoms with E-state index in [4.69, 9.17) is 19.0 Å². The summed E-state index contributed by atoms with van der Waals surface area (Å²) in [6, 6.07) is 15.6. The van der Waals surface area contributed by atoms with Gasteiger partial charge >= 0.3 is 0 Å². The average molecular weight is 396 g/mol. The van der Waals surface area contributed by atoms with Crippen LogP contribution in [0.2, 0.25) is 0 Å². The van der Waals surface area contributed by atoms with E-state index in [2.05, 4.69) is 20.8 Å². The van der Waals surface area contributed by atoms with Crippen molar-refractivity contribution in [1.29, 1.82) is 0 Å². The fourth-order valence-corrected chi connectivity index (χ4v) is 3.74. The monoisotopic (exact) mass is 396 g/mol. The molecule has 0 aliphatic carbocycles. The van der Waals surface area contributed by atoms with Gasteiger partial charge in [0.05, 0.1) is 30.5 Å². The molecular weight excluding hydrogens is 376 g/mol. The van der Waals surface area contributed by atoms with Gasteiger partial charge in [0.25, 0.3) is 5.89 Å². The Kier molecular flexibility index (Phi) is 5.59. The summed E-state index contributed by atoms with van der Waals surface area (Å²) in [6.07, 6.45) is 0. The van der Waals surface area contributed by atoms with Crippen LogP contribution in [0, 0.1) is 0 Å². The third-order valence-corrected chi connectivity index (χ3v) is 5.25. The number of fused-ring (bicyclic) bond motifs is 1. The van der Waals surface area contributed by atoms with Gasteiger partial charge < -0.3 is 18.6 Å². The molecule has 2 heterocycles. The molecular formula is C20H20N4O3S. The number of rotatable bonds is 8. The fourth-order valence-electron chi connectivity index (χ4n) is 2.85. The molecule has 0 saturated heterocycles. The number of ether oxygens (including phenoxy) is 2. The molecule has 2 aromatic carbocycles. The van der Waals surface area contributed by atoms with E-state index in [1.54, 1.807) is 26.0 Å². The second-order valence-corrected chi connectivity index (χ2v) is 7.00. The van der Waals surface area contributed by atoms with E-state index in [9.17, 15) is 0 Å². The highest BCUT2D eigenvalue weighted by Crippen LogP contribution is 2.27. The molecule has 7 nitrogen and oxygen atoms in total. The lowest BCUT2D eigenvalue weighted by molar-refractivity contribution is 0.186. The van der Waals surface area contributed by atoms with Gasteiger partial charge in [-0.15, -0.1) is 0 Å². The minimum atomic E-state index is 0.492. The molecule has 0 unspecified atom stereocenters. The summed E-state index contributed by atoms with van der Waals surface area (Å²) in [4.78, 5) is 9.23. The first kappa shape index (κ1) is 18.5. The third-order valence-electron chi connectivity index (χ3n) is 4.27. The maximum atomic E-state index is 5.40. The van der Waals surface area contributed by atoms with Crippen LogP contribution in [-0.2, 0) is 17.0 Å². The molecule has 2 aromatic heterocycles. The van der Waals surface area contributed by atoms with Crippen LogP contribution in [0.3, 0.4) is 0 Å². The van der Waals surface area contributed by atoms with E-state index in [-0.39, 0.29) is 0 Å². The summed E-state index contributed by atoms with van der Waals surface area (Å²) in [5.41, 5.74) is 2.92. The predicted molar refractivity (Wildman–Crippen MR) is 107 cm³/mol. The molecule has 0 bridgehead atoms. The number of methoxy groups -OCH3 is 2. The van der Waals surface area contributed by atoms with E-state index in [0.717, 1.165) is 34.0 Å². The zero-order valence-corrected chi connectivity index (χ0v) is 16.5. The van der Waals surface area contributed by atoms with Gasteiger partial charge in [0.1, 0.15) is 5.75 Å². The van der Waals surface area contributed by atoms with Gasteiger partial charge in [0.2, 0.25) is 0 Å². The van der Waals surface area contributed by atoms with Crippen molar-refractivity contribution in [3.05, 3.63) is 54.4 Å². The van der Waals surface area contributed by atoms with E-state index in [1.165, 1.54) is 0 Å². The molecule has 0 atom stereocenters. The first-order valence-corrected chi connectivity index (χ1v) is 9.81. The summed E-state index contributed by atoms with van der Waals surface area (Å²) >= 11 is 1.58. The Bertz CT molecular complexity index is 1060. The SMILES string of the molecule is COCCn1c(SCc2noc(-c3ccc(OC)cc3)n2)nc2ccccc21. The molecule has 4 aromatic rings. The quantitative estimate of drug-likeness (QED) is 0.416. The Balaban J connectivity index is 1.51. The first-order valence-electron chi connectivity index (χ1n) is 8.82. The van der Waals surface area contributed by atoms with Crippen LogP contribution in [0.25, 0.3) is 22.5 Å². The molecule has 0 N–H and O–H groups in total. The molecule has 8 heteroatoms. The molecule has 0 radical (unpaired) electrons. The number of nitrogens with zero attached hydrogens (tertiary/aromatic N) is 4. The Morgan fingerprint density at radius 3 is 2.64 bits per heavy atom. The minimum Gasteiger partial charge on any atom is -0.497 e. The van der Waals surface area contributed by atoms with Crippen LogP contribution in [-0.4, -0.2) is 40.5 Å². The van der Waals surface area contributed by atoms with Crippen molar-refractivity contribution in [2.45, 2.75) is 17.5 Å². The maximum absolute atomic E-state index is 5.40. The van der Waals surface area contributed by atoms with Crippen LogP contribution in [0.1, 0.15) is 5.82 Å². The molecule has 0 aliphatic heterocycles. The molecule has 0 spiro atoms. The van der Waals surface area contributed by atoms with Crippen molar-refractivity contribution >= 4 is 22.8 Å². The van der Waals surface area contributed by atoms with Crippen molar-refractivity contribution in [1.82, 2.24) is 19.7 Å². The Morgan fingerprint density at radius 2 is 1.86 bits per heavy atom. The smallest absolute Gasteiger partial charge is 0.257 e. The lowest BCUT2D eigenvalue weighted by Crippen LogP contribution is -2.05. The molecule has 0 saturated carbocycles. The summed E-state index contributed by atoms with van der Waals surface area (Å²) in [5.74, 6) is 2.47. The van der Waals surface area contributed by atoms with Gasteiger partial charge in [-0.25, -0.2) is 4.98 Å². The largest absolute Gasteiger partial charge is 0.497 e. The van der Waals surface area contributed by atoms with E-state index >= 15 is 0 Å². The number of thioether (sulfide) groups is 1. The lowest BCUT2D eigenvalue weighted by atomic mass is 10.2. The van der Waals surface area contributed by atoms with E-state index < -0.39 is 0 Å². The van der Waals surface area contributed by atoms with Gasteiger partial charge in [0.15, 0.2) is 11.0 Å². The summed E-state index contributed by atoms with van der Waals surface area (Å²) in [6.45, 7) is 1.36. The second kappa shape index (κ2) is 8.45. The van der Waals surface area contributed by atoms with Gasteiger partial charge in [0, 0.05) is 19.2 Å². The van der Waals surface area contributed by atoms with Gasteiger partial charge in [-0.3, -0.25) is 0 Å². The molecule has 4 rings (SSSR count). The highest BCUT2D eigenvalue weighted by molar-refractivity contribution is 7.98. The van der Waals surface area contributed by atoms with E-state index in [1.807, 2.05) is 42.5 Å². The summed E-state index contributed by atoms with van der Waals surface area (Å²) < 4.78 is 18.0. The standard InChI is InChI=1S/C20H20N4O3S/c1-25-12-11-24-17-6-4-3-5-16(17)21-20(24)28-13-18-22-19(27-23-18)14-7-9-15(26-2)10-8-14/h3-10H,11-13H2,1-2H3. The van der Waals surface area contributed by atoms with Gasteiger partial charge in [-0.1, -0.05) is 29.1 Å². The van der Waals surface area contributed by atoms with Crippen LogP contribution in [0.15, 0.2) is 58.2 Å². The highest BCUT2D eigenvalue weighted by Gasteiger charge is 2.14. The zero-order chi connectivity index (χ0) is 19.3. The summed E-state index contributed by atoms with van der Waals surface area (Å²) in [5, 5.41) is 5.01. The molecule has 144 valence electrons. The highest BCUT2D eigenvalue weighted by atomic mass is 32.2.